The number of fused-ring (bicyclic) bond motifs is 1. The summed E-state index contributed by atoms with van der Waals surface area (Å²) in [7, 11) is -3.62. The summed E-state index contributed by atoms with van der Waals surface area (Å²) in [6.07, 6.45) is 2.88. The second-order valence-corrected chi connectivity index (χ2v) is 8.41. The van der Waals surface area contributed by atoms with Crippen LogP contribution in [0.25, 0.3) is 17.5 Å². The lowest BCUT2D eigenvalue weighted by atomic mass is 9.98. The monoisotopic (exact) mass is 401 g/mol. The summed E-state index contributed by atoms with van der Waals surface area (Å²) in [5.41, 5.74) is 2.83. The normalized spacial score (nSPS) is 13.9. The first-order chi connectivity index (χ1) is 13.0. The molecule has 1 aromatic heterocycles. The van der Waals surface area contributed by atoms with E-state index in [1.54, 1.807) is 30.3 Å². The fraction of sp³-hybridized carbons (Fsp3) is 0.158. The van der Waals surface area contributed by atoms with Gasteiger partial charge < -0.3 is 4.52 Å². The summed E-state index contributed by atoms with van der Waals surface area (Å²) in [5.74, 6) is 0.576. The van der Waals surface area contributed by atoms with E-state index in [1.165, 1.54) is 0 Å². The quantitative estimate of drug-likeness (QED) is 0.702. The van der Waals surface area contributed by atoms with E-state index in [0.717, 1.165) is 16.7 Å². The molecule has 0 saturated heterocycles. The van der Waals surface area contributed by atoms with Gasteiger partial charge in [0.1, 0.15) is 0 Å². The molecule has 8 heteroatoms. The summed E-state index contributed by atoms with van der Waals surface area (Å²) in [5, 5.41) is 4.49. The highest BCUT2D eigenvalue weighted by Crippen LogP contribution is 2.26. The van der Waals surface area contributed by atoms with Gasteiger partial charge in [-0.3, -0.25) is 0 Å². The van der Waals surface area contributed by atoms with Crippen LogP contribution in [-0.4, -0.2) is 18.6 Å². The number of hydrogen-bond donors (Lipinski definition) is 1. The van der Waals surface area contributed by atoms with E-state index in [-0.39, 0.29) is 12.4 Å². The molecule has 0 radical (unpaired) electrons. The molecule has 1 aliphatic carbocycles. The molecule has 0 bridgehead atoms. The molecule has 0 atom stereocenters. The number of benzene rings is 2. The average Bonchev–Trinajstić information content (AvgIpc) is 3.16. The summed E-state index contributed by atoms with van der Waals surface area (Å²) >= 11 is 5.86. The van der Waals surface area contributed by atoms with E-state index in [0.29, 0.717) is 28.6 Å². The Morgan fingerprint density at radius 1 is 1.07 bits per heavy atom. The first kappa shape index (κ1) is 17.9. The molecule has 27 heavy (non-hydrogen) atoms. The minimum Gasteiger partial charge on any atom is -0.338 e. The molecule has 0 fully saturated rings. The summed E-state index contributed by atoms with van der Waals surface area (Å²) in [6, 6.07) is 14.8. The number of sulfonamides is 1. The van der Waals surface area contributed by atoms with Crippen LogP contribution in [-0.2, 0) is 23.0 Å². The average molecular weight is 402 g/mol. The number of nitrogens with zero attached hydrogens (tertiary/aromatic N) is 2. The van der Waals surface area contributed by atoms with Crippen molar-refractivity contribution in [2.45, 2.75) is 19.4 Å². The minimum atomic E-state index is -3.62. The molecular formula is C19H16ClN3O3S. The Labute approximate surface area is 161 Å². The highest BCUT2D eigenvalue weighted by Gasteiger charge is 2.22. The summed E-state index contributed by atoms with van der Waals surface area (Å²) in [6.45, 7) is -0.0675. The fourth-order valence-electron chi connectivity index (χ4n) is 2.91. The van der Waals surface area contributed by atoms with Gasteiger partial charge in [0, 0.05) is 10.6 Å². The third kappa shape index (κ3) is 3.95. The van der Waals surface area contributed by atoms with Gasteiger partial charge in [0.05, 0.1) is 11.4 Å². The van der Waals surface area contributed by atoms with E-state index in [1.807, 2.05) is 24.3 Å². The van der Waals surface area contributed by atoms with Gasteiger partial charge in [0.2, 0.25) is 21.7 Å². The van der Waals surface area contributed by atoms with Crippen LogP contribution in [0.1, 0.15) is 23.4 Å². The predicted octanol–water partition coefficient (Wildman–Crippen LogP) is 3.80. The Hall–Kier alpha value is -2.48. The van der Waals surface area contributed by atoms with Crippen LogP contribution < -0.4 is 4.72 Å². The first-order valence-corrected chi connectivity index (χ1v) is 10.2. The molecule has 2 aromatic carbocycles. The van der Waals surface area contributed by atoms with Gasteiger partial charge in [-0.15, -0.1) is 0 Å². The minimum absolute atomic E-state index is 0.0675. The lowest BCUT2D eigenvalue weighted by Crippen LogP contribution is -2.26. The molecular weight excluding hydrogens is 386 g/mol. The van der Waals surface area contributed by atoms with Crippen molar-refractivity contribution in [1.29, 1.82) is 0 Å². The Morgan fingerprint density at radius 3 is 2.67 bits per heavy atom. The van der Waals surface area contributed by atoms with Gasteiger partial charge in [-0.25, -0.2) is 13.1 Å². The number of rotatable bonds is 5. The zero-order valence-electron chi connectivity index (χ0n) is 14.2. The van der Waals surface area contributed by atoms with Crippen molar-refractivity contribution in [3.8, 4) is 11.4 Å². The van der Waals surface area contributed by atoms with Crippen molar-refractivity contribution in [1.82, 2.24) is 14.9 Å². The first-order valence-electron chi connectivity index (χ1n) is 8.38. The third-order valence-electron chi connectivity index (χ3n) is 4.34. The van der Waals surface area contributed by atoms with Crippen molar-refractivity contribution < 1.29 is 12.9 Å². The van der Waals surface area contributed by atoms with Crippen LogP contribution in [0.15, 0.2) is 58.0 Å². The van der Waals surface area contributed by atoms with Crippen molar-refractivity contribution in [3.05, 3.63) is 75.5 Å². The van der Waals surface area contributed by atoms with Crippen LogP contribution in [0.2, 0.25) is 5.02 Å². The zero-order chi connectivity index (χ0) is 18.9. The third-order valence-corrected chi connectivity index (χ3v) is 6.13. The molecule has 0 amide bonds. The van der Waals surface area contributed by atoms with E-state index >= 15 is 0 Å². The smallest absolute Gasteiger partial charge is 0.242 e. The molecule has 1 aliphatic rings. The van der Waals surface area contributed by atoms with E-state index in [4.69, 9.17) is 16.1 Å². The van der Waals surface area contributed by atoms with E-state index in [2.05, 4.69) is 14.9 Å². The molecule has 3 aromatic rings. The second-order valence-electron chi connectivity index (χ2n) is 6.15. The van der Waals surface area contributed by atoms with E-state index < -0.39 is 10.0 Å². The van der Waals surface area contributed by atoms with Crippen molar-refractivity contribution >= 4 is 27.7 Å². The molecule has 0 unspecified atom stereocenters. The number of hydrogen-bond acceptors (Lipinski definition) is 5. The van der Waals surface area contributed by atoms with Gasteiger partial charge in [0.25, 0.3) is 0 Å². The molecule has 0 spiro atoms. The van der Waals surface area contributed by atoms with Gasteiger partial charge >= 0.3 is 0 Å². The molecule has 1 N–H and O–H groups in total. The Morgan fingerprint density at radius 2 is 1.85 bits per heavy atom. The maximum absolute atomic E-state index is 12.6. The van der Waals surface area contributed by atoms with Crippen LogP contribution in [0.4, 0.5) is 0 Å². The molecule has 6 nitrogen and oxygen atoms in total. The molecule has 0 aliphatic heterocycles. The van der Waals surface area contributed by atoms with Crippen molar-refractivity contribution in [3.63, 3.8) is 0 Å². The van der Waals surface area contributed by atoms with Crippen LogP contribution in [0, 0.1) is 0 Å². The number of aryl methyl sites for hydroxylation is 1. The lowest BCUT2D eigenvalue weighted by molar-refractivity contribution is 0.376. The number of halogens is 1. The fourth-order valence-corrected chi connectivity index (χ4v) is 4.19. The molecule has 138 valence electrons. The Balaban J connectivity index is 1.47. The van der Waals surface area contributed by atoms with Gasteiger partial charge in [-0.1, -0.05) is 41.0 Å². The zero-order valence-corrected chi connectivity index (χ0v) is 15.8. The summed E-state index contributed by atoms with van der Waals surface area (Å²) < 4.78 is 32.9. The number of nitrogens with one attached hydrogen (secondary N) is 1. The molecule has 0 saturated carbocycles. The molecule has 1 heterocycles. The standard InChI is InChI=1S/C19H16ClN3O3S/c20-16-8-5-14(6-9-16)19-22-18(26-23-19)12-21-27(24,25)17-10-7-13-3-1-2-4-15(13)11-17/h1-6,8-9,11,21H,7,10,12H2. The second kappa shape index (κ2) is 7.26. The van der Waals surface area contributed by atoms with Gasteiger partial charge in [-0.05, 0) is 54.3 Å². The highest BCUT2D eigenvalue weighted by atomic mass is 35.5. The van der Waals surface area contributed by atoms with Gasteiger partial charge in [-0.2, -0.15) is 4.98 Å². The van der Waals surface area contributed by atoms with Crippen LogP contribution in [0.5, 0.6) is 0 Å². The Bertz CT molecular complexity index is 1110. The number of allylic oxidation sites excluding steroid dienone is 1. The number of aromatic nitrogens is 2. The maximum atomic E-state index is 12.6. The SMILES string of the molecule is O=S(=O)(NCc1nc(-c2ccc(Cl)cc2)no1)C1=Cc2ccccc2CC1. The van der Waals surface area contributed by atoms with Crippen LogP contribution in [0.3, 0.4) is 0 Å². The largest absolute Gasteiger partial charge is 0.338 e. The molecule has 4 rings (SSSR count). The lowest BCUT2D eigenvalue weighted by Gasteiger charge is -2.16. The van der Waals surface area contributed by atoms with Crippen molar-refractivity contribution in [2.75, 3.05) is 0 Å². The van der Waals surface area contributed by atoms with Crippen molar-refractivity contribution in [2.24, 2.45) is 0 Å². The maximum Gasteiger partial charge on any atom is 0.242 e. The highest BCUT2D eigenvalue weighted by molar-refractivity contribution is 7.93. The van der Waals surface area contributed by atoms with E-state index in [9.17, 15) is 8.42 Å². The predicted molar refractivity (Wildman–Crippen MR) is 103 cm³/mol. The Kier molecular flexibility index (Phi) is 4.82. The summed E-state index contributed by atoms with van der Waals surface area (Å²) in [4.78, 5) is 4.59. The van der Waals surface area contributed by atoms with Crippen LogP contribution >= 0.6 is 11.6 Å². The topological polar surface area (TPSA) is 85.1 Å². The van der Waals surface area contributed by atoms with Gasteiger partial charge in [0.15, 0.2) is 0 Å².